The van der Waals surface area contributed by atoms with E-state index in [1.807, 2.05) is 12.3 Å². The minimum Gasteiger partial charge on any atom is -0.381 e. The first-order valence-electron chi connectivity index (χ1n) is 4.94. The average Bonchev–Trinajstić information content (AvgIpc) is 2.68. The van der Waals surface area contributed by atoms with Gasteiger partial charge in [0.05, 0.1) is 0 Å². The normalized spacial score (nSPS) is 12.8. The Morgan fingerprint density at radius 2 is 2.12 bits per heavy atom. The zero-order valence-corrected chi connectivity index (χ0v) is 9.88. The van der Waals surface area contributed by atoms with Crippen LogP contribution in [0.1, 0.15) is 27.9 Å². The second kappa shape index (κ2) is 4.31. The molecule has 0 aliphatic heterocycles. The first-order chi connectivity index (χ1) is 7.58. The maximum absolute atomic E-state index is 13.3. The lowest BCUT2D eigenvalue weighted by Crippen LogP contribution is -2.00. The standard InChI is InChI=1S/C12H12FNOS/c1-7-3-4-9(5-10(7)13)11(15)12-14-8(2)6-16-12/h3-6,11,15H,1-2H3. The number of halogens is 1. The monoisotopic (exact) mass is 237 g/mol. The molecule has 1 aromatic heterocycles. The third kappa shape index (κ3) is 2.13. The van der Waals surface area contributed by atoms with Gasteiger partial charge in [-0.05, 0) is 31.0 Å². The van der Waals surface area contributed by atoms with Crippen LogP contribution in [0, 0.1) is 19.7 Å². The van der Waals surface area contributed by atoms with Crippen molar-refractivity contribution in [3.05, 3.63) is 51.2 Å². The molecule has 2 aromatic rings. The van der Waals surface area contributed by atoms with Crippen LogP contribution < -0.4 is 0 Å². The maximum Gasteiger partial charge on any atom is 0.131 e. The largest absolute Gasteiger partial charge is 0.381 e. The van der Waals surface area contributed by atoms with Crippen LogP contribution in [0.3, 0.4) is 0 Å². The van der Waals surface area contributed by atoms with E-state index in [2.05, 4.69) is 4.98 Å². The molecule has 0 radical (unpaired) electrons. The van der Waals surface area contributed by atoms with Gasteiger partial charge in [-0.2, -0.15) is 0 Å². The number of hydrogen-bond acceptors (Lipinski definition) is 3. The Bertz CT molecular complexity index is 509. The van der Waals surface area contributed by atoms with E-state index in [9.17, 15) is 9.50 Å². The molecule has 2 nitrogen and oxygen atoms in total. The van der Waals surface area contributed by atoms with Gasteiger partial charge in [-0.15, -0.1) is 11.3 Å². The molecule has 0 amide bonds. The van der Waals surface area contributed by atoms with Crippen LogP contribution in [0.25, 0.3) is 0 Å². The Morgan fingerprint density at radius 1 is 1.38 bits per heavy atom. The van der Waals surface area contributed by atoms with Crippen LogP contribution in [0.5, 0.6) is 0 Å². The fraction of sp³-hybridized carbons (Fsp3) is 0.250. The molecule has 0 saturated carbocycles. The molecular formula is C12H12FNOS. The van der Waals surface area contributed by atoms with Crippen molar-refractivity contribution in [2.24, 2.45) is 0 Å². The fourth-order valence-electron chi connectivity index (χ4n) is 1.42. The first kappa shape index (κ1) is 11.2. The number of aliphatic hydroxyl groups excluding tert-OH is 1. The molecule has 1 atom stereocenters. The van der Waals surface area contributed by atoms with Gasteiger partial charge in [0, 0.05) is 11.1 Å². The van der Waals surface area contributed by atoms with Crippen molar-refractivity contribution in [1.29, 1.82) is 0 Å². The van der Waals surface area contributed by atoms with Gasteiger partial charge in [0.2, 0.25) is 0 Å². The predicted molar refractivity (Wildman–Crippen MR) is 62.0 cm³/mol. The third-order valence-corrected chi connectivity index (χ3v) is 3.40. The van der Waals surface area contributed by atoms with Crippen LogP contribution >= 0.6 is 11.3 Å². The van der Waals surface area contributed by atoms with Crippen LogP contribution in [-0.4, -0.2) is 10.1 Å². The van der Waals surface area contributed by atoms with E-state index in [4.69, 9.17) is 0 Å². The molecule has 1 N–H and O–H groups in total. The Labute approximate surface area is 97.4 Å². The molecule has 0 saturated heterocycles. The van der Waals surface area contributed by atoms with Crippen LogP contribution in [0.2, 0.25) is 0 Å². The predicted octanol–water partition coefficient (Wildman–Crippen LogP) is 2.98. The molecule has 16 heavy (non-hydrogen) atoms. The van der Waals surface area contributed by atoms with Crippen molar-refractivity contribution in [2.75, 3.05) is 0 Å². The molecule has 2 rings (SSSR count). The summed E-state index contributed by atoms with van der Waals surface area (Å²) in [6.07, 6.45) is -0.839. The molecular weight excluding hydrogens is 225 g/mol. The van der Waals surface area contributed by atoms with E-state index in [1.54, 1.807) is 19.1 Å². The summed E-state index contributed by atoms with van der Waals surface area (Å²) in [7, 11) is 0. The van der Waals surface area contributed by atoms with E-state index in [1.165, 1.54) is 17.4 Å². The van der Waals surface area contributed by atoms with Gasteiger partial charge in [0.15, 0.2) is 0 Å². The van der Waals surface area contributed by atoms with Crippen LogP contribution in [0.4, 0.5) is 4.39 Å². The zero-order chi connectivity index (χ0) is 11.7. The maximum atomic E-state index is 13.3. The van der Waals surface area contributed by atoms with Crippen molar-refractivity contribution < 1.29 is 9.50 Å². The lowest BCUT2D eigenvalue weighted by atomic mass is 10.1. The Kier molecular flexibility index (Phi) is 3.03. The minimum absolute atomic E-state index is 0.301. The van der Waals surface area contributed by atoms with Crippen molar-refractivity contribution >= 4 is 11.3 Å². The van der Waals surface area contributed by atoms with Crippen LogP contribution in [-0.2, 0) is 0 Å². The SMILES string of the molecule is Cc1csc(C(O)c2ccc(C)c(F)c2)n1. The number of aryl methyl sites for hydroxylation is 2. The van der Waals surface area contributed by atoms with E-state index < -0.39 is 6.10 Å². The Hall–Kier alpha value is -1.26. The number of hydrogen-bond donors (Lipinski definition) is 1. The van der Waals surface area contributed by atoms with Gasteiger partial charge in [0.25, 0.3) is 0 Å². The van der Waals surface area contributed by atoms with E-state index in [0.29, 0.717) is 16.1 Å². The van der Waals surface area contributed by atoms with E-state index >= 15 is 0 Å². The summed E-state index contributed by atoms with van der Waals surface area (Å²) in [5.74, 6) is -0.301. The second-order valence-electron chi connectivity index (χ2n) is 3.74. The number of benzene rings is 1. The Morgan fingerprint density at radius 3 is 2.69 bits per heavy atom. The summed E-state index contributed by atoms with van der Waals surface area (Å²) in [6, 6.07) is 4.74. The van der Waals surface area contributed by atoms with Gasteiger partial charge in [-0.3, -0.25) is 0 Å². The molecule has 1 unspecified atom stereocenters. The van der Waals surface area contributed by atoms with Crippen molar-refractivity contribution in [2.45, 2.75) is 20.0 Å². The fourth-order valence-corrected chi connectivity index (χ4v) is 2.23. The van der Waals surface area contributed by atoms with Gasteiger partial charge in [-0.1, -0.05) is 12.1 Å². The highest BCUT2D eigenvalue weighted by atomic mass is 32.1. The molecule has 0 aliphatic rings. The number of rotatable bonds is 2. The number of thiazole rings is 1. The Balaban J connectivity index is 2.33. The summed E-state index contributed by atoms with van der Waals surface area (Å²) in [4.78, 5) is 4.19. The number of nitrogens with zero attached hydrogens (tertiary/aromatic N) is 1. The van der Waals surface area contributed by atoms with E-state index in [-0.39, 0.29) is 5.82 Å². The highest BCUT2D eigenvalue weighted by Gasteiger charge is 2.14. The number of aliphatic hydroxyl groups is 1. The van der Waals surface area contributed by atoms with Crippen LogP contribution in [0.15, 0.2) is 23.6 Å². The summed E-state index contributed by atoms with van der Waals surface area (Å²) in [6.45, 7) is 3.56. The third-order valence-electron chi connectivity index (χ3n) is 2.38. The number of aromatic nitrogens is 1. The molecule has 84 valence electrons. The minimum atomic E-state index is -0.839. The average molecular weight is 237 g/mol. The lowest BCUT2D eigenvalue weighted by molar-refractivity contribution is 0.219. The zero-order valence-electron chi connectivity index (χ0n) is 9.07. The summed E-state index contributed by atoms with van der Waals surface area (Å²) in [5.41, 5.74) is 1.98. The molecule has 4 heteroatoms. The van der Waals surface area contributed by atoms with Crippen molar-refractivity contribution in [1.82, 2.24) is 4.98 Å². The van der Waals surface area contributed by atoms with E-state index in [0.717, 1.165) is 5.69 Å². The smallest absolute Gasteiger partial charge is 0.131 e. The van der Waals surface area contributed by atoms with Gasteiger partial charge < -0.3 is 5.11 Å². The highest BCUT2D eigenvalue weighted by molar-refractivity contribution is 7.09. The molecule has 1 heterocycles. The second-order valence-corrected chi connectivity index (χ2v) is 4.63. The van der Waals surface area contributed by atoms with Crippen molar-refractivity contribution in [3.63, 3.8) is 0 Å². The summed E-state index contributed by atoms with van der Waals surface area (Å²) < 4.78 is 13.3. The lowest BCUT2D eigenvalue weighted by Gasteiger charge is -2.08. The molecule has 0 aliphatic carbocycles. The van der Waals surface area contributed by atoms with Gasteiger partial charge >= 0.3 is 0 Å². The van der Waals surface area contributed by atoms with Gasteiger partial charge in [0.1, 0.15) is 16.9 Å². The van der Waals surface area contributed by atoms with Crippen molar-refractivity contribution in [3.8, 4) is 0 Å². The first-order valence-corrected chi connectivity index (χ1v) is 5.82. The highest BCUT2D eigenvalue weighted by Crippen LogP contribution is 2.25. The molecule has 0 spiro atoms. The molecule has 0 bridgehead atoms. The molecule has 1 aromatic carbocycles. The quantitative estimate of drug-likeness (QED) is 0.871. The summed E-state index contributed by atoms with van der Waals surface area (Å²) in [5, 5.41) is 12.5. The summed E-state index contributed by atoms with van der Waals surface area (Å²) >= 11 is 1.38. The van der Waals surface area contributed by atoms with Gasteiger partial charge in [-0.25, -0.2) is 9.37 Å². The topological polar surface area (TPSA) is 33.1 Å². The molecule has 0 fully saturated rings.